The molecule has 1 aliphatic heterocycles. The molecule has 5 heteroatoms. The van der Waals surface area contributed by atoms with Crippen LogP contribution in [0.2, 0.25) is 10.0 Å². The number of benzene rings is 1. The Morgan fingerprint density at radius 2 is 2.24 bits per heavy atom. The van der Waals surface area contributed by atoms with E-state index in [-0.39, 0.29) is 6.04 Å². The molecule has 1 heterocycles. The first-order chi connectivity index (χ1) is 8.20. The standard InChI is InChI=1S/C12H14Cl2N2O/c1-2-16(6-9-7-17-8-15-9)10-3-4-11(13)12(14)5-10/h3-5,8-9H,2,6-7H2,1H3. The Morgan fingerprint density at radius 1 is 1.41 bits per heavy atom. The average molecular weight is 273 g/mol. The van der Waals surface area contributed by atoms with Crippen LogP contribution in [-0.2, 0) is 4.74 Å². The number of halogens is 2. The summed E-state index contributed by atoms with van der Waals surface area (Å²) in [6.07, 6.45) is 1.52. The van der Waals surface area contributed by atoms with E-state index in [4.69, 9.17) is 27.9 Å². The molecule has 1 aromatic carbocycles. The third kappa shape index (κ3) is 3.05. The Morgan fingerprint density at radius 3 is 2.82 bits per heavy atom. The van der Waals surface area contributed by atoms with Crippen molar-refractivity contribution >= 4 is 35.3 Å². The molecule has 0 fully saturated rings. The summed E-state index contributed by atoms with van der Waals surface area (Å²) in [5.41, 5.74) is 1.06. The lowest BCUT2D eigenvalue weighted by molar-refractivity contribution is 0.328. The van der Waals surface area contributed by atoms with Crippen molar-refractivity contribution in [3.05, 3.63) is 28.2 Å². The van der Waals surface area contributed by atoms with Crippen LogP contribution >= 0.6 is 23.2 Å². The summed E-state index contributed by atoms with van der Waals surface area (Å²) in [7, 11) is 0. The molecule has 2 rings (SSSR count). The average Bonchev–Trinajstić information content (AvgIpc) is 2.82. The van der Waals surface area contributed by atoms with Gasteiger partial charge in [-0.25, -0.2) is 4.99 Å². The number of hydrogen-bond acceptors (Lipinski definition) is 3. The van der Waals surface area contributed by atoms with Crippen molar-refractivity contribution < 1.29 is 4.74 Å². The third-order valence-electron chi connectivity index (χ3n) is 2.72. The van der Waals surface area contributed by atoms with Crippen LogP contribution < -0.4 is 4.90 Å². The fraction of sp³-hybridized carbons (Fsp3) is 0.417. The Bertz CT molecular complexity index is 423. The first kappa shape index (κ1) is 12.5. The number of rotatable bonds is 4. The molecule has 0 amide bonds. The highest BCUT2D eigenvalue weighted by Crippen LogP contribution is 2.27. The zero-order valence-corrected chi connectivity index (χ0v) is 11.1. The Kier molecular flexibility index (Phi) is 4.13. The van der Waals surface area contributed by atoms with E-state index in [0.717, 1.165) is 18.8 Å². The second-order valence-corrected chi connectivity index (χ2v) is 4.69. The van der Waals surface area contributed by atoms with Gasteiger partial charge in [-0.05, 0) is 25.1 Å². The third-order valence-corrected chi connectivity index (χ3v) is 3.46. The van der Waals surface area contributed by atoms with Crippen molar-refractivity contribution in [3.8, 4) is 0 Å². The number of hydrogen-bond donors (Lipinski definition) is 0. The highest BCUT2D eigenvalue weighted by atomic mass is 35.5. The van der Waals surface area contributed by atoms with Gasteiger partial charge in [-0.3, -0.25) is 0 Å². The van der Waals surface area contributed by atoms with E-state index in [0.29, 0.717) is 16.7 Å². The molecule has 3 nitrogen and oxygen atoms in total. The van der Waals surface area contributed by atoms with Gasteiger partial charge in [0.1, 0.15) is 12.6 Å². The van der Waals surface area contributed by atoms with Crippen LogP contribution in [0.5, 0.6) is 0 Å². The minimum absolute atomic E-state index is 0.199. The number of anilines is 1. The summed E-state index contributed by atoms with van der Waals surface area (Å²) in [5, 5.41) is 1.16. The summed E-state index contributed by atoms with van der Waals surface area (Å²) in [6, 6.07) is 5.87. The maximum absolute atomic E-state index is 6.02. The highest BCUT2D eigenvalue weighted by Gasteiger charge is 2.16. The molecule has 0 saturated heterocycles. The van der Waals surface area contributed by atoms with Crippen molar-refractivity contribution in [1.82, 2.24) is 0 Å². The molecule has 1 unspecified atom stereocenters. The zero-order chi connectivity index (χ0) is 12.3. The van der Waals surface area contributed by atoms with Gasteiger partial charge in [-0.15, -0.1) is 0 Å². The normalized spacial score (nSPS) is 18.2. The monoisotopic (exact) mass is 272 g/mol. The topological polar surface area (TPSA) is 24.8 Å². The van der Waals surface area contributed by atoms with E-state index in [9.17, 15) is 0 Å². The molecule has 1 atom stereocenters. The van der Waals surface area contributed by atoms with Gasteiger partial charge in [0.15, 0.2) is 6.40 Å². The lowest BCUT2D eigenvalue weighted by Gasteiger charge is -2.25. The highest BCUT2D eigenvalue weighted by molar-refractivity contribution is 6.42. The molecule has 0 spiro atoms. The quantitative estimate of drug-likeness (QED) is 0.841. The van der Waals surface area contributed by atoms with Crippen LogP contribution in [0.1, 0.15) is 6.92 Å². The summed E-state index contributed by atoms with van der Waals surface area (Å²) in [5.74, 6) is 0. The summed E-state index contributed by atoms with van der Waals surface area (Å²) in [4.78, 5) is 6.45. The van der Waals surface area contributed by atoms with Crippen molar-refractivity contribution in [3.63, 3.8) is 0 Å². The van der Waals surface area contributed by atoms with E-state index in [1.807, 2.05) is 18.2 Å². The van der Waals surface area contributed by atoms with E-state index in [1.165, 1.54) is 6.40 Å². The van der Waals surface area contributed by atoms with E-state index >= 15 is 0 Å². The fourth-order valence-electron chi connectivity index (χ4n) is 1.78. The second-order valence-electron chi connectivity index (χ2n) is 3.88. The van der Waals surface area contributed by atoms with Gasteiger partial charge >= 0.3 is 0 Å². The van der Waals surface area contributed by atoms with E-state index in [1.54, 1.807) is 0 Å². The minimum Gasteiger partial charge on any atom is -0.481 e. The minimum atomic E-state index is 0.199. The SMILES string of the molecule is CCN(CC1COC=N1)c1ccc(Cl)c(Cl)c1. The van der Waals surface area contributed by atoms with Crippen LogP contribution in [0.4, 0.5) is 5.69 Å². The van der Waals surface area contributed by atoms with Gasteiger partial charge in [0.2, 0.25) is 0 Å². The Balaban J connectivity index is 2.10. The largest absolute Gasteiger partial charge is 0.481 e. The summed E-state index contributed by atoms with van der Waals surface area (Å²) >= 11 is 11.9. The molecule has 17 heavy (non-hydrogen) atoms. The van der Waals surface area contributed by atoms with Gasteiger partial charge in [0.05, 0.1) is 10.0 Å². The summed E-state index contributed by atoms with van der Waals surface area (Å²) < 4.78 is 5.12. The Hall–Kier alpha value is -0.930. The maximum atomic E-state index is 6.02. The van der Waals surface area contributed by atoms with Crippen molar-refractivity contribution in [2.24, 2.45) is 4.99 Å². The van der Waals surface area contributed by atoms with Gasteiger partial charge in [0, 0.05) is 18.8 Å². The Labute approximate surface area is 111 Å². The lowest BCUT2D eigenvalue weighted by atomic mass is 10.2. The molecule has 0 bridgehead atoms. The number of ether oxygens (including phenoxy) is 1. The maximum Gasteiger partial charge on any atom is 0.169 e. The molecular weight excluding hydrogens is 259 g/mol. The van der Waals surface area contributed by atoms with Crippen LogP contribution in [0.15, 0.2) is 23.2 Å². The van der Waals surface area contributed by atoms with Crippen LogP contribution in [-0.4, -0.2) is 32.1 Å². The molecule has 0 aliphatic carbocycles. The molecule has 92 valence electrons. The molecule has 0 saturated carbocycles. The first-order valence-electron chi connectivity index (χ1n) is 5.54. The van der Waals surface area contributed by atoms with Crippen molar-refractivity contribution in [2.45, 2.75) is 13.0 Å². The smallest absolute Gasteiger partial charge is 0.169 e. The predicted octanol–water partition coefficient (Wildman–Crippen LogP) is 3.25. The fourth-order valence-corrected chi connectivity index (χ4v) is 2.07. The first-order valence-corrected chi connectivity index (χ1v) is 6.29. The van der Waals surface area contributed by atoms with E-state index < -0.39 is 0 Å². The van der Waals surface area contributed by atoms with Crippen LogP contribution in [0, 0.1) is 0 Å². The van der Waals surface area contributed by atoms with Crippen molar-refractivity contribution in [1.29, 1.82) is 0 Å². The van der Waals surface area contributed by atoms with Crippen LogP contribution in [0.3, 0.4) is 0 Å². The number of likely N-dealkylation sites (N-methyl/N-ethyl adjacent to an activating group) is 1. The predicted molar refractivity (Wildman–Crippen MR) is 72.6 cm³/mol. The second kappa shape index (κ2) is 5.61. The van der Waals surface area contributed by atoms with E-state index in [2.05, 4.69) is 16.8 Å². The van der Waals surface area contributed by atoms with Gasteiger partial charge in [-0.1, -0.05) is 23.2 Å². The zero-order valence-electron chi connectivity index (χ0n) is 9.57. The van der Waals surface area contributed by atoms with Gasteiger partial charge in [-0.2, -0.15) is 0 Å². The molecule has 0 N–H and O–H groups in total. The molecule has 0 radical (unpaired) electrons. The van der Waals surface area contributed by atoms with Gasteiger partial charge in [0.25, 0.3) is 0 Å². The number of nitrogens with zero attached hydrogens (tertiary/aromatic N) is 2. The molecule has 0 aromatic heterocycles. The lowest BCUT2D eigenvalue weighted by Crippen LogP contribution is -2.32. The molecular formula is C12H14Cl2N2O. The molecule has 1 aromatic rings. The van der Waals surface area contributed by atoms with Gasteiger partial charge < -0.3 is 9.64 Å². The summed E-state index contributed by atoms with van der Waals surface area (Å²) in [6.45, 7) is 4.47. The number of aliphatic imine (C=N–C) groups is 1. The van der Waals surface area contributed by atoms with Crippen molar-refractivity contribution in [2.75, 3.05) is 24.6 Å². The molecule has 1 aliphatic rings. The van der Waals surface area contributed by atoms with Crippen LogP contribution in [0.25, 0.3) is 0 Å².